The molecule has 0 aromatic heterocycles. The second kappa shape index (κ2) is 5.34. The van der Waals surface area contributed by atoms with E-state index < -0.39 is 38.0 Å². The van der Waals surface area contributed by atoms with Crippen LogP contribution in [0.3, 0.4) is 0 Å². The third kappa shape index (κ3) is 2.97. The van der Waals surface area contributed by atoms with Gasteiger partial charge in [-0.3, -0.25) is 0 Å². The van der Waals surface area contributed by atoms with Gasteiger partial charge in [-0.05, 0) is 25.0 Å². The zero-order valence-corrected chi connectivity index (χ0v) is 11.3. The molecule has 1 aliphatic carbocycles. The molecule has 1 fully saturated rings. The summed E-state index contributed by atoms with van der Waals surface area (Å²) in [5, 5.41) is 10.0. The van der Waals surface area contributed by atoms with Crippen molar-refractivity contribution in [3.63, 3.8) is 0 Å². The molecule has 0 heterocycles. The van der Waals surface area contributed by atoms with Crippen LogP contribution in [0.15, 0.2) is 17.0 Å². The lowest BCUT2D eigenvalue weighted by Crippen LogP contribution is -2.41. The van der Waals surface area contributed by atoms with Crippen molar-refractivity contribution in [1.29, 1.82) is 0 Å². The molecule has 2 rings (SSSR count). The molecule has 1 aliphatic rings. The maximum Gasteiger partial charge on any atom is 0.243 e. The Bertz CT molecular complexity index is 613. The Hall–Kier alpha value is -1.12. The van der Waals surface area contributed by atoms with E-state index >= 15 is 0 Å². The standard InChI is InChI=1S/C12H14F3NO3S/c13-8-3-4-9(11(15)10(8)14)20(18,19)16-7-12(17)5-1-2-6-12/h3-4,16-17H,1-2,5-7H2. The van der Waals surface area contributed by atoms with E-state index in [1.165, 1.54) is 0 Å². The smallest absolute Gasteiger partial charge is 0.243 e. The van der Waals surface area contributed by atoms with Crippen molar-refractivity contribution in [2.75, 3.05) is 6.54 Å². The minimum atomic E-state index is -4.35. The first-order valence-corrected chi connectivity index (χ1v) is 7.59. The number of benzene rings is 1. The Morgan fingerprint density at radius 1 is 1.15 bits per heavy atom. The van der Waals surface area contributed by atoms with Crippen LogP contribution < -0.4 is 4.72 Å². The maximum atomic E-state index is 13.5. The van der Waals surface area contributed by atoms with Gasteiger partial charge in [-0.1, -0.05) is 12.8 Å². The lowest BCUT2D eigenvalue weighted by molar-refractivity contribution is 0.0531. The molecule has 0 aliphatic heterocycles. The molecule has 112 valence electrons. The van der Waals surface area contributed by atoms with E-state index in [1.807, 2.05) is 4.72 Å². The fourth-order valence-electron chi connectivity index (χ4n) is 2.23. The average molecular weight is 309 g/mol. The van der Waals surface area contributed by atoms with Gasteiger partial charge in [-0.25, -0.2) is 26.3 Å². The van der Waals surface area contributed by atoms with Gasteiger partial charge in [-0.15, -0.1) is 0 Å². The number of aliphatic hydroxyl groups is 1. The Labute approximate surface area is 114 Å². The van der Waals surface area contributed by atoms with Gasteiger partial charge in [0.15, 0.2) is 17.5 Å². The Kier molecular flexibility index (Phi) is 4.08. The molecular weight excluding hydrogens is 295 g/mol. The monoisotopic (exact) mass is 309 g/mol. The SMILES string of the molecule is O=S(=O)(NCC1(O)CCCC1)c1ccc(F)c(F)c1F. The van der Waals surface area contributed by atoms with E-state index in [0.29, 0.717) is 25.0 Å². The normalized spacial score (nSPS) is 18.4. The van der Waals surface area contributed by atoms with Crippen LogP contribution in [0.1, 0.15) is 25.7 Å². The molecular formula is C12H14F3NO3S. The number of halogens is 3. The second-order valence-corrected chi connectivity index (χ2v) is 6.66. The quantitative estimate of drug-likeness (QED) is 0.832. The molecule has 1 aromatic rings. The van der Waals surface area contributed by atoms with E-state index in [0.717, 1.165) is 12.8 Å². The van der Waals surface area contributed by atoms with Gasteiger partial charge >= 0.3 is 0 Å². The fourth-order valence-corrected chi connectivity index (χ4v) is 3.42. The molecule has 0 radical (unpaired) electrons. The van der Waals surface area contributed by atoms with Gasteiger partial charge < -0.3 is 5.11 Å². The van der Waals surface area contributed by atoms with Gasteiger partial charge in [-0.2, -0.15) is 0 Å². The van der Waals surface area contributed by atoms with E-state index in [1.54, 1.807) is 0 Å². The summed E-state index contributed by atoms with van der Waals surface area (Å²) in [6.45, 7) is -0.284. The fraction of sp³-hybridized carbons (Fsp3) is 0.500. The van der Waals surface area contributed by atoms with E-state index in [2.05, 4.69) is 0 Å². The Morgan fingerprint density at radius 3 is 2.35 bits per heavy atom. The van der Waals surface area contributed by atoms with Crippen LogP contribution in [0.5, 0.6) is 0 Å². The summed E-state index contributed by atoms with van der Waals surface area (Å²) in [4.78, 5) is -0.974. The third-order valence-corrected chi connectivity index (χ3v) is 4.83. The number of sulfonamides is 1. The molecule has 0 bridgehead atoms. The summed E-state index contributed by atoms with van der Waals surface area (Å²) in [6.07, 6.45) is 2.43. The third-order valence-electron chi connectivity index (χ3n) is 3.41. The summed E-state index contributed by atoms with van der Waals surface area (Å²) in [7, 11) is -4.35. The number of hydrogen-bond acceptors (Lipinski definition) is 3. The van der Waals surface area contributed by atoms with Crippen molar-refractivity contribution in [2.45, 2.75) is 36.2 Å². The molecule has 1 aromatic carbocycles. The lowest BCUT2D eigenvalue weighted by Gasteiger charge is -2.22. The van der Waals surface area contributed by atoms with Crippen molar-refractivity contribution in [1.82, 2.24) is 4.72 Å². The molecule has 0 unspecified atom stereocenters. The van der Waals surface area contributed by atoms with Gasteiger partial charge in [0.2, 0.25) is 10.0 Å². The number of rotatable bonds is 4. The molecule has 0 saturated heterocycles. The topological polar surface area (TPSA) is 66.4 Å². The van der Waals surface area contributed by atoms with E-state index in [9.17, 15) is 26.7 Å². The molecule has 2 N–H and O–H groups in total. The van der Waals surface area contributed by atoms with E-state index in [4.69, 9.17) is 0 Å². The van der Waals surface area contributed by atoms with Crippen LogP contribution in [0, 0.1) is 17.5 Å². The lowest BCUT2D eigenvalue weighted by atomic mass is 10.0. The number of nitrogens with one attached hydrogen (secondary N) is 1. The van der Waals surface area contributed by atoms with Gasteiger partial charge in [0.1, 0.15) is 4.90 Å². The highest BCUT2D eigenvalue weighted by molar-refractivity contribution is 7.89. The summed E-state index contributed by atoms with van der Waals surface area (Å²) in [5.41, 5.74) is -1.16. The summed E-state index contributed by atoms with van der Waals surface area (Å²) >= 11 is 0. The Balaban J connectivity index is 2.21. The van der Waals surface area contributed by atoms with Crippen LogP contribution in [0.4, 0.5) is 13.2 Å². The molecule has 8 heteroatoms. The highest BCUT2D eigenvalue weighted by atomic mass is 32.2. The van der Waals surface area contributed by atoms with Crippen LogP contribution in [0.25, 0.3) is 0 Å². The van der Waals surface area contributed by atoms with Gasteiger partial charge in [0.05, 0.1) is 5.60 Å². The Morgan fingerprint density at radius 2 is 1.75 bits per heavy atom. The summed E-state index contributed by atoms with van der Waals surface area (Å²) in [6, 6.07) is 1.19. The average Bonchev–Trinajstić information content (AvgIpc) is 2.81. The van der Waals surface area contributed by atoms with Crippen molar-refractivity contribution in [3.05, 3.63) is 29.6 Å². The predicted molar refractivity (Wildman–Crippen MR) is 64.9 cm³/mol. The summed E-state index contributed by atoms with van der Waals surface area (Å²) in [5.74, 6) is -5.07. The maximum absolute atomic E-state index is 13.5. The first-order chi connectivity index (χ1) is 9.25. The van der Waals surface area contributed by atoms with Crippen LogP contribution in [0.2, 0.25) is 0 Å². The molecule has 0 spiro atoms. The number of hydrogen-bond donors (Lipinski definition) is 2. The zero-order valence-electron chi connectivity index (χ0n) is 10.5. The van der Waals surface area contributed by atoms with Crippen molar-refractivity contribution in [3.8, 4) is 0 Å². The van der Waals surface area contributed by atoms with Crippen molar-refractivity contribution in [2.24, 2.45) is 0 Å². The molecule has 4 nitrogen and oxygen atoms in total. The van der Waals surface area contributed by atoms with Crippen molar-refractivity contribution < 1.29 is 26.7 Å². The molecule has 0 atom stereocenters. The minimum Gasteiger partial charge on any atom is -0.389 e. The predicted octanol–water partition coefficient (Wildman–Crippen LogP) is 1.69. The van der Waals surface area contributed by atoms with Crippen LogP contribution in [-0.4, -0.2) is 25.7 Å². The summed E-state index contributed by atoms with van der Waals surface area (Å²) < 4.78 is 65.0. The van der Waals surface area contributed by atoms with Crippen LogP contribution in [-0.2, 0) is 10.0 Å². The largest absolute Gasteiger partial charge is 0.389 e. The first kappa shape index (κ1) is 15.3. The highest BCUT2D eigenvalue weighted by Gasteiger charge is 2.33. The molecule has 20 heavy (non-hydrogen) atoms. The second-order valence-electron chi connectivity index (χ2n) is 4.93. The van der Waals surface area contributed by atoms with Gasteiger partial charge in [0.25, 0.3) is 0 Å². The minimum absolute atomic E-state index is 0.284. The molecule has 0 amide bonds. The van der Waals surface area contributed by atoms with Crippen molar-refractivity contribution >= 4 is 10.0 Å². The van der Waals surface area contributed by atoms with Crippen LogP contribution >= 0.6 is 0 Å². The molecule has 1 saturated carbocycles. The highest BCUT2D eigenvalue weighted by Crippen LogP contribution is 2.29. The van der Waals surface area contributed by atoms with Gasteiger partial charge in [0, 0.05) is 6.54 Å². The zero-order chi connectivity index (χ0) is 15.0. The van der Waals surface area contributed by atoms with E-state index in [-0.39, 0.29) is 6.54 Å². The first-order valence-electron chi connectivity index (χ1n) is 6.11.